The fourth-order valence-electron chi connectivity index (χ4n) is 4.10. The number of likely N-dealkylation sites (tertiary alicyclic amines) is 1. The van der Waals surface area contributed by atoms with Gasteiger partial charge in [-0.25, -0.2) is 4.39 Å². The molecule has 1 aromatic carbocycles. The van der Waals surface area contributed by atoms with Gasteiger partial charge in [0.15, 0.2) is 0 Å². The van der Waals surface area contributed by atoms with E-state index in [9.17, 15) is 14.0 Å². The molecule has 0 radical (unpaired) electrons. The van der Waals surface area contributed by atoms with Crippen molar-refractivity contribution in [1.82, 2.24) is 19.7 Å². The first-order valence-corrected chi connectivity index (χ1v) is 10.0. The van der Waals surface area contributed by atoms with Crippen LogP contribution in [0.5, 0.6) is 0 Å². The van der Waals surface area contributed by atoms with Gasteiger partial charge in [0.2, 0.25) is 11.8 Å². The van der Waals surface area contributed by atoms with Crippen LogP contribution >= 0.6 is 0 Å². The van der Waals surface area contributed by atoms with Gasteiger partial charge in [-0.1, -0.05) is 18.2 Å². The van der Waals surface area contributed by atoms with Gasteiger partial charge in [-0.2, -0.15) is 0 Å². The molecule has 3 heterocycles. The number of amides is 2. The molecule has 0 aliphatic carbocycles. The largest absolute Gasteiger partial charge is 0.340 e. The highest BCUT2D eigenvalue weighted by Gasteiger charge is 2.37. The van der Waals surface area contributed by atoms with Crippen molar-refractivity contribution in [2.45, 2.75) is 25.4 Å². The number of benzene rings is 1. The fourth-order valence-corrected chi connectivity index (χ4v) is 4.10. The molecular weight excluding hydrogens is 371 g/mol. The molecule has 2 amide bonds. The van der Waals surface area contributed by atoms with Crippen LogP contribution in [0.4, 0.5) is 4.39 Å². The van der Waals surface area contributed by atoms with Gasteiger partial charge in [-0.3, -0.25) is 19.5 Å². The first-order chi connectivity index (χ1) is 14.1. The number of rotatable bonds is 5. The van der Waals surface area contributed by atoms with Gasteiger partial charge < -0.3 is 9.80 Å². The summed E-state index contributed by atoms with van der Waals surface area (Å²) in [4.78, 5) is 35.4. The number of hydrogen-bond donors (Lipinski definition) is 0. The number of carbonyl (C=O) groups excluding carboxylic acids is 2. The zero-order valence-corrected chi connectivity index (χ0v) is 16.3. The first kappa shape index (κ1) is 19.5. The Kier molecular flexibility index (Phi) is 5.85. The van der Waals surface area contributed by atoms with E-state index >= 15 is 0 Å². The Morgan fingerprint density at radius 3 is 2.48 bits per heavy atom. The van der Waals surface area contributed by atoms with E-state index < -0.39 is 0 Å². The van der Waals surface area contributed by atoms with Crippen molar-refractivity contribution in [3.05, 3.63) is 65.7 Å². The van der Waals surface area contributed by atoms with E-state index in [2.05, 4.69) is 9.88 Å². The average molecular weight is 396 g/mol. The molecule has 0 N–H and O–H groups in total. The normalized spacial score (nSPS) is 20.3. The van der Waals surface area contributed by atoms with Crippen LogP contribution in [-0.4, -0.2) is 70.3 Å². The summed E-state index contributed by atoms with van der Waals surface area (Å²) in [6.07, 6.45) is 4.63. The lowest BCUT2D eigenvalue weighted by Crippen LogP contribution is -2.54. The van der Waals surface area contributed by atoms with Gasteiger partial charge in [0.05, 0.1) is 12.5 Å². The minimum Gasteiger partial charge on any atom is -0.340 e. The van der Waals surface area contributed by atoms with E-state index in [0.29, 0.717) is 32.7 Å². The minimum absolute atomic E-state index is 0.0483. The minimum atomic E-state index is -0.298. The molecule has 2 saturated heterocycles. The number of hydrogen-bond acceptors (Lipinski definition) is 4. The number of pyridine rings is 1. The Balaban J connectivity index is 1.27. The fraction of sp³-hybridized carbons (Fsp3) is 0.409. The Morgan fingerprint density at radius 1 is 1.03 bits per heavy atom. The summed E-state index contributed by atoms with van der Waals surface area (Å²) >= 11 is 0. The van der Waals surface area contributed by atoms with Gasteiger partial charge in [-0.05, 0) is 35.7 Å². The van der Waals surface area contributed by atoms with Crippen LogP contribution in [0, 0.1) is 5.82 Å². The summed E-state index contributed by atoms with van der Waals surface area (Å²) in [5.41, 5.74) is 1.86. The van der Waals surface area contributed by atoms with Crippen molar-refractivity contribution < 1.29 is 14.0 Å². The summed E-state index contributed by atoms with van der Waals surface area (Å²) in [5.74, 6) is -0.0826. The predicted octanol–water partition coefficient (Wildman–Crippen LogP) is 1.71. The van der Waals surface area contributed by atoms with Crippen LogP contribution in [0.3, 0.4) is 0 Å². The molecule has 1 atom stereocenters. The SMILES string of the molecule is O=C(Cc1ccc(F)cc1)N1CCN(C2CCN(Cc3cccnc3)C2=O)CC1. The molecule has 29 heavy (non-hydrogen) atoms. The number of aromatic nitrogens is 1. The zero-order chi connectivity index (χ0) is 20.2. The Morgan fingerprint density at radius 2 is 1.79 bits per heavy atom. The summed E-state index contributed by atoms with van der Waals surface area (Å²) in [7, 11) is 0. The molecule has 0 saturated carbocycles. The quantitative estimate of drug-likeness (QED) is 0.772. The second-order valence-corrected chi connectivity index (χ2v) is 7.65. The van der Waals surface area contributed by atoms with Crippen LogP contribution in [0.2, 0.25) is 0 Å². The molecule has 1 unspecified atom stereocenters. The number of carbonyl (C=O) groups is 2. The van der Waals surface area contributed by atoms with E-state index in [1.54, 1.807) is 24.5 Å². The molecule has 2 fully saturated rings. The van der Waals surface area contributed by atoms with Crippen molar-refractivity contribution in [3.63, 3.8) is 0 Å². The molecule has 4 rings (SSSR count). The smallest absolute Gasteiger partial charge is 0.240 e. The maximum absolute atomic E-state index is 13.0. The molecule has 2 aromatic rings. The monoisotopic (exact) mass is 396 g/mol. The summed E-state index contributed by atoms with van der Waals surface area (Å²) in [5, 5.41) is 0. The second-order valence-electron chi connectivity index (χ2n) is 7.65. The van der Waals surface area contributed by atoms with E-state index in [4.69, 9.17) is 0 Å². The Hall–Kier alpha value is -2.80. The molecule has 2 aliphatic rings. The average Bonchev–Trinajstić information content (AvgIpc) is 3.11. The lowest BCUT2D eigenvalue weighted by Gasteiger charge is -2.37. The second kappa shape index (κ2) is 8.69. The topological polar surface area (TPSA) is 56.8 Å². The van der Waals surface area contributed by atoms with Crippen LogP contribution in [0.25, 0.3) is 0 Å². The van der Waals surface area contributed by atoms with Gasteiger partial charge in [0.25, 0.3) is 0 Å². The van der Waals surface area contributed by atoms with E-state index in [0.717, 1.165) is 24.1 Å². The highest BCUT2D eigenvalue weighted by Crippen LogP contribution is 2.21. The van der Waals surface area contributed by atoms with Crippen LogP contribution in [-0.2, 0) is 22.6 Å². The molecule has 0 bridgehead atoms. The summed E-state index contributed by atoms with van der Waals surface area (Å²) in [6, 6.07) is 9.83. The highest BCUT2D eigenvalue weighted by molar-refractivity contribution is 5.84. The molecule has 0 spiro atoms. The van der Waals surface area contributed by atoms with Crippen molar-refractivity contribution in [2.75, 3.05) is 32.7 Å². The third-order valence-electron chi connectivity index (χ3n) is 5.74. The third-order valence-corrected chi connectivity index (χ3v) is 5.74. The van der Waals surface area contributed by atoms with Gasteiger partial charge >= 0.3 is 0 Å². The van der Waals surface area contributed by atoms with Crippen molar-refractivity contribution >= 4 is 11.8 Å². The molecular formula is C22H25FN4O2. The molecule has 6 nitrogen and oxygen atoms in total. The summed E-state index contributed by atoms with van der Waals surface area (Å²) < 4.78 is 13.0. The van der Waals surface area contributed by atoms with Crippen LogP contribution in [0.1, 0.15) is 17.5 Å². The van der Waals surface area contributed by atoms with Gasteiger partial charge in [0.1, 0.15) is 5.82 Å². The molecule has 152 valence electrons. The standard InChI is InChI=1S/C22H25FN4O2/c23-19-5-3-17(4-6-19)14-21(28)26-12-10-25(11-13-26)20-7-9-27(22(20)29)16-18-2-1-8-24-15-18/h1-6,8,15,20H,7,9-14,16H2. The third kappa shape index (κ3) is 4.62. The Labute approximate surface area is 169 Å². The van der Waals surface area contributed by atoms with Crippen molar-refractivity contribution in [2.24, 2.45) is 0 Å². The van der Waals surface area contributed by atoms with Gasteiger partial charge in [-0.15, -0.1) is 0 Å². The number of halogens is 1. The van der Waals surface area contributed by atoms with Crippen LogP contribution in [0.15, 0.2) is 48.8 Å². The summed E-state index contributed by atoms with van der Waals surface area (Å²) in [6.45, 7) is 3.98. The molecule has 2 aliphatic heterocycles. The Bertz CT molecular complexity index is 851. The lowest BCUT2D eigenvalue weighted by molar-refractivity contribution is -0.135. The highest BCUT2D eigenvalue weighted by atomic mass is 19.1. The van der Waals surface area contributed by atoms with Crippen LogP contribution < -0.4 is 0 Å². The van der Waals surface area contributed by atoms with Gasteiger partial charge in [0, 0.05) is 51.7 Å². The van der Waals surface area contributed by atoms with Crippen molar-refractivity contribution in [3.8, 4) is 0 Å². The van der Waals surface area contributed by atoms with Crippen molar-refractivity contribution in [1.29, 1.82) is 0 Å². The van der Waals surface area contributed by atoms with E-state index in [-0.39, 0.29) is 30.1 Å². The molecule has 1 aromatic heterocycles. The van der Waals surface area contributed by atoms with E-state index in [1.165, 1.54) is 12.1 Å². The van der Waals surface area contributed by atoms with E-state index in [1.807, 2.05) is 21.9 Å². The predicted molar refractivity (Wildman–Crippen MR) is 106 cm³/mol. The lowest BCUT2D eigenvalue weighted by atomic mass is 10.1. The zero-order valence-electron chi connectivity index (χ0n) is 16.3. The first-order valence-electron chi connectivity index (χ1n) is 10.0. The molecule has 7 heteroatoms. The maximum Gasteiger partial charge on any atom is 0.240 e. The maximum atomic E-state index is 13.0. The number of nitrogens with zero attached hydrogens (tertiary/aromatic N) is 4. The number of piperazine rings is 1.